The quantitative estimate of drug-likeness (QED) is 0.759. The van der Waals surface area contributed by atoms with Crippen molar-refractivity contribution < 1.29 is 9.53 Å². The molecule has 17 heavy (non-hydrogen) atoms. The monoisotopic (exact) mass is 241 g/mol. The molecule has 0 radical (unpaired) electrons. The Balaban J connectivity index is 1.70. The molecule has 0 aromatic rings. The standard InChI is InChI=1S/C12H23N3O2/c1-15(9-11-8-13-6-7-17-11)12(16)14-10-4-2-3-5-10/h10-11,13H,2-9H2,1H3,(H,14,16). The molecular formula is C12H23N3O2. The lowest BCUT2D eigenvalue weighted by molar-refractivity contribution is 0.0153. The summed E-state index contributed by atoms with van der Waals surface area (Å²) in [5.41, 5.74) is 0. The number of morpholine rings is 1. The van der Waals surface area contributed by atoms with Crippen LogP contribution in [0.2, 0.25) is 0 Å². The number of urea groups is 1. The predicted molar refractivity (Wildman–Crippen MR) is 66.0 cm³/mol. The summed E-state index contributed by atoms with van der Waals surface area (Å²) in [6.07, 6.45) is 4.86. The minimum atomic E-state index is 0.0334. The van der Waals surface area contributed by atoms with Crippen LogP contribution in [0.1, 0.15) is 25.7 Å². The van der Waals surface area contributed by atoms with Crippen molar-refractivity contribution in [3.05, 3.63) is 0 Å². The summed E-state index contributed by atoms with van der Waals surface area (Å²) < 4.78 is 5.58. The third kappa shape index (κ3) is 3.85. The van der Waals surface area contributed by atoms with Gasteiger partial charge in [-0.2, -0.15) is 0 Å². The molecule has 5 heteroatoms. The van der Waals surface area contributed by atoms with Gasteiger partial charge >= 0.3 is 6.03 Å². The molecule has 2 aliphatic rings. The van der Waals surface area contributed by atoms with Crippen LogP contribution in [0.25, 0.3) is 0 Å². The Morgan fingerprint density at radius 2 is 2.24 bits per heavy atom. The van der Waals surface area contributed by atoms with E-state index in [1.54, 1.807) is 4.90 Å². The molecule has 2 N–H and O–H groups in total. The molecule has 0 aromatic carbocycles. The zero-order chi connectivity index (χ0) is 12.1. The lowest BCUT2D eigenvalue weighted by atomic mass is 10.2. The Bertz CT molecular complexity index is 248. The highest BCUT2D eigenvalue weighted by Gasteiger charge is 2.22. The van der Waals surface area contributed by atoms with E-state index in [-0.39, 0.29) is 12.1 Å². The maximum Gasteiger partial charge on any atom is 0.317 e. The molecule has 1 heterocycles. The summed E-state index contributed by atoms with van der Waals surface area (Å²) in [6.45, 7) is 3.14. The second-order valence-electron chi connectivity index (χ2n) is 5.01. The Hall–Kier alpha value is -0.810. The fourth-order valence-electron chi connectivity index (χ4n) is 2.48. The molecule has 2 amide bonds. The van der Waals surface area contributed by atoms with Gasteiger partial charge in [0.1, 0.15) is 0 Å². The minimum Gasteiger partial charge on any atom is -0.374 e. The molecule has 1 unspecified atom stereocenters. The number of amides is 2. The van der Waals surface area contributed by atoms with Crippen molar-refractivity contribution in [3.8, 4) is 0 Å². The van der Waals surface area contributed by atoms with Gasteiger partial charge in [-0.25, -0.2) is 4.79 Å². The maximum atomic E-state index is 11.9. The van der Waals surface area contributed by atoms with Gasteiger partial charge in [-0.3, -0.25) is 0 Å². The van der Waals surface area contributed by atoms with Crippen molar-refractivity contribution in [2.75, 3.05) is 33.3 Å². The number of carbonyl (C=O) groups excluding carboxylic acids is 1. The number of ether oxygens (including phenoxy) is 1. The molecule has 1 atom stereocenters. The number of likely N-dealkylation sites (N-methyl/N-ethyl adjacent to an activating group) is 1. The molecule has 98 valence electrons. The molecule has 1 saturated carbocycles. The SMILES string of the molecule is CN(CC1CNCCO1)C(=O)NC1CCCC1. The number of hydrogen-bond acceptors (Lipinski definition) is 3. The number of nitrogens with zero attached hydrogens (tertiary/aromatic N) is 1. The van der Waals surface area contributed by atoms with Gasteiger partial charge in [-0.05, 0) is 12.8 Å². The normalized spacial score (nSPS) is 25.8. The van der Waals surface area contributed by atoms with Crippen LogP contribution in [0.4, 0.5) is 4.79 Å². The molecule has 2 fully saturated rings. The lowest BCUT2D eigenvalue weighted by Crippen LogP contribution is -2.49. The highest BCUT2D eigenvalue weighted by atomic mass is 16.5. The largest absolute Gasteiger partial charge is 0.374 e. The average Bonchev–Trinajstić information content (AvgIpc) is 2.83. The fraction of sp³-hybridized carbons (Fsp3) is 0.917. The second kappa shape index (κ2) is 6.21. The van der Waals surface area contributed by atoms with Gasteiger partial charge in [0.15, 0.2) is 0 Å². The smallest absolute Gasteiger partial charge is 0.317 e. The molecular weight excluding hydrogens is 218 g/mol. The molecule has 5 nitrogen and oxygen atoms in total. The number of rotatable bonds is 3. The van der Waals surface area contributed by atoms with Crippen molar-refractivity contribution in [1.82, 2.24) is 15.5 Å². The van der Waals surface area contributed by atoms with Crippen LogP contribution >= 0.6 is 0 Å². The van der Waals surface area contributed by atoms with Crippen molar-refractivity contribution in [1.29, 1.82) is 0 Å². The fourth-order valence-corrected chi connectivity index (χ4v) is 2.48. The predicted octanol–water partition coefficient (Wildman–Crippen LogP) is 0.559. The summed E-state index contributed by atoms with van der Waals surface area (Å²) in [6, 6.07) is 0.418. The topological polar surface area (TPSA) is 53.6 Å². The first kappa shape index (κ1) is 12.6. The van der Waals surface area contributed by atoms with Crippen LogP contribution < -0.4 is 10.6 Å². The Morgan fingerprint density at radius 3 is 2.88 bits per heavy atom. The summed E-state index contributed by atoms with van der Waals surface area (Å²) in [5, 5.41) is 6.35. The molecule has 1 aliphatic carbocycles. The lowest BCUT2D eigenvalue weighted by Gasteiger charge is -2.28. The van der Waals surface area contributed by atoms with Gasteiger partial charge in [-0.15, -0.1) is 0 Å². The first-order valence-corrected chi connectivity index (χ1v) is 6.59. The Labute approximate surface area is 103 Å². The van der Waals surface area contributed by atoms with Crippen molar-refractivity contribution in [2.45, 2.75) is 37.8 Å². The van der Waals surface area contributed by atoms with Crippen LogP contribution in [0.15, 0.2) is 0 Å². The van der Waals surface area contributed by atoms with E-state index >= 15 is 0 Å². The van der Waals surface area contributed by atoms with Gasteiger partial charge in [-0.1, -0.05) is 12.8 Å². The summed E-state index contributed by atoms with van der Waals surface area (Å²) in [5.74, 6) is 0. The van der Waals surface area contributed by atoms with Gasteiger partial charge < -0.3 is 20.3 Å². The van der Waals surface area contributed by atoms with Gasteiger partial charge in [0, 0.05) is 32.7 Å². The van der Waals surface area contributed by atoms with E-state index in [2.05, 4.69) is 10.6 Å². The summed E-state index contributed by atoms with van der Waals surface area (Å²) in [4.78, 5) is 13.6. The van der Waals surface area contributed by atoms with E-state index in [1.807, 2.05) is 7.05 Å². The van der Waals surface area contributed by atoms with Crippen LogP contribution in [-0.2, 0) is 4.74 Å². The zero-order valence-electron chi connectivity index (χ0n) is 10.6. The van der Waals surface area contributed by atoms with Crippen LogP contribution in [0, 0.1) is 0 Å². The van der Waals surface area contributed by atoms with E-state index in [4.69, 9.17) is 4.74 Å². The minimum absolute atomic E-state index is 0.0334. The third-order valence-corrected chi connectivity index (χ3v) is 3.51. The number of hydrogen-bond donors (Lipinski definition) is 2. The van der Waals surface area contributed by atoms with E-state index in [9.17, 15) is 4.79 Å². The highest BCUT2D eigenvalue weighted by Crippen LogP contribution is 2.17. The van der Waals surface area contributed by atoms with E-state index in [0.717, 1.165) is 32.5 Å². The highest BCUT2D eigenvalue weighted by molar-refractivity contribution is 5.74. The molecule has 0 spiro atoms. The summed E-state index contributed by atoms with van der Waals surface area (Å²) in [7, 11) is 1.84. The molecule has 1 aliphatic heterocycles. The first-order valence-electron chi connectivity index (χ1n) is 6.59. The Kier molecular flexibility index (Phi) is 4.62. The van der Waals surface area contributed by atoms with Crippen LogP contribution in [-0.4, -0.2) is 56.4 Å². The van der Waals surface area contributed by atoms with Crippen LogP contribution in [0.3, 0.4) is 0 Å². The van der Waals surface area contributed by atoms with E-state index in [1.165, 1.54) is 12.8 Å². The second-order valence-corrected chi connectivity index (χ2v) is 5.01. The van der Waals surface area contributed by atoms with Gasteiger partial charge in [0.05, 0.1) is 12.7 Å². The first-order chi connectivity index (χ1) is 8.25. The molecule has 1 saturated heterocycles. The maximum absolute atomic E-state index is 11.9. The van der Waals surface area contributed by atoms with E-state index in [0.29, 0.717) is 12.6 Å². The van der Waals surface area contributed by atoms with Gasteiger partial charge in [0.2, 0.25) is 0 Å². The summed E-state index contributed by atoms with van der Waals surface area (Å²) >= 11 is 0. The average molecular weight is 241 g/mol. The van der Waals surface area contributed by atoms with Crippen molar-refractivity contribution >= 4 is 6.03 Å². The molecule has 0 aromatic heterocycles. The molecule has 0 bridgehead atoms. The number of nitrogens with one attached hydrogen (secondary N) is 2. The molecule has 2 rings (SSSR count). The number of carbonyl (C=O) groups is 1. The van der Waals surface area contributed by atoms with E-state index < -0.39 is 0 Å². The third-order valence-electron chi connectivity index (χ3n) is 3.51. The van der Waals surface area contributed by atoms with Gasteiger partial charge in [0.25, 0.3) is 0 Å². The van der Waals surface area contributed by atoms with Crippen LogP contribution in [0.5, 0.6) is 0 Å². The van der Waals surface area contributed by atoms with Crippen molar-refractivity contribution in [3.63, 3.8) is 0 Å². The van der Waals surface area contributed by atoms with Crippen molar-refractivity contribution in [2.24, 2.45) is 0 Å². The Morgan fingerprint density at radius 1 is 1.47 bits per heavy atom. The zero-order valence-corrected chi connectivity index (χ0v) is 10.6.